The predicted molar refractivity (Wildman–Crippen MR) is 140 cm³/mol. The van der Waals surface area contributed by atoms with Gasteiger partial charge in [0.05, 0.1) is 13.2 Å². The van der Waals surface area contributed by atoms with E-state index in [0.717, 1.165) is 48.6 Å². The lowest BCUT2D eigenvalue weighted by molar-refractivity contribution is 0.122. The molecule has 0 N–H and O–H groups in total. The van der Waals surface area contributed by atoms with E-state index in [2.05, 4.69) is 110 Å². The summed E-state index contributed by atoms with van der Waals surface area (Å²) in [7, 11) is 0. The van der Waals surface area contributed by atoms with Crippen molar-refractivity contribution in [2.45, 2.75) is 19.4 Å². The van der Waals surface area contributed by atoms with E-state index in [1.165, 1.54) is 27.8 Å². The predicted octanol–water partition coefficient (Wildman–Crippen LogP) is 6.64. The van der Waals surface area contributed by atoms with Crippen LogP contribution in [0.5, 0.6) is 5.75 Å². The summed E-state index contributed by atoms with van der Waals surface area (Å²) in [6.07, 6.45) is 4.49. The van der Waals surface area contributed by atoms with Gasteiger partial charge >= 0.3 is 0 Å². The first-order valence-corrected chi connectivity index (χ1v) is 12.1. The Morgan fingerprint density at radius 1 is 0.706 bits per heavy atom. The van der Waals surface area contributed by atoms with Crippen molar-refractivity contribution in [3.05, 3.63) is 113 Å². The summed E-state index contributed by atoms with van der Waals surface area (Å²) >= 11 is 0. The molecule has 0 spiro atoms. The summed E-state index contributed by atoms with van der Waals surface area (Å²) in [5.74, 6) is 0.960. The van der Waals surface area contributed by atoms with Crippen molar-refractivity contribution in [2.75, 3.05) is 31.2 Å². The van der Waals surface area contributed by atoms with Crippen LogP contribution in [0, 0.1) is 13.8 Å². The van der Waals surface area contributed by atoms with Gasteiger partial charge in [0.2, 0.25) is 0 Å². The van der Waals surface area contributed by atoms with Crippen LogP contribution in [0.3, 0.4) is 0 Å². The third kappa shape index (κ3) is 3.31. The fourth-order valence-electron chi connectivity index (χ4n) is 5.34. The van der Waals surface area contributed by atoms with Crippen molar-refractivity contribution in [1.82, 2.24) is 0 Å². The molecule has 0 radical (unpaired) electrons. The van der Waals surface area contributed by atoms with Crippen molar-refractivity contribution < 1.29 is 9.47 Å². The minimum atomic E-state index is -0.692. The molecule has 0 amide bonds. The Bertz CT molecular complexity index is 1370. The van der Waals surface area contributed by atoms with Crippen molar-refractivity contribution in [1.29, 1.82) is 0 Å². The molecule has 2 heterocycles. The van der Waals surface area contributed by atoms with E-state index in [1.807, 2.05) is 0 Å². The second kappa shape index (κ2) is 8.34. The lowest BCUT2D eigenvalue weighted by Crippen LogP contribution is -2.37. The maximum absolute atomic E-state index is 7.11. The van der Waals surface area contributed by atoms with E-state index in [4.69, 9.17) is 9.47 Å². The molecule has 0 aliphatic carbocycles. The van der Waals surface area contributed by atoms with E-state index in [9.17, 15) is 0 Å². The van der Waals surface area contributed by atoms with Gasteiger partial charge in [0, 0.05) is 40.9 Å². The van der Waals surface area contributed by atoms with Gasteiger partial charge in [-0.2, -0.15) is 0 Å². The first-order valence-electron chi connectivity index (χ1n) is 12.1. The van der Waals surface area contributed by atoms with Crippen molar-refractivity contribution in [3.8, 4) is 5.75 Å². The van der Waals surface area contributed by atoms with E-state index in [0.29, 0.717) is 0 Å². The molecule has 1 unspecified atom stereocenters. The number of nitrogens with zero attached hydrogens (tertiary/aromatic N) is 1. The SMILES string of the molecule is Cc1c2c(c3ccccc3c1C)OC(c1ccccc1)(c1ccc(N3CCOCC3)cc1)C=C2. The molecule has 1 fully saturated rings. The molecule has 4 aromatic rings. The van der Waals surface area contributed by atoms with Gasteiger partial charge in [-0.3, -0.25) is 0 Å². The third-order valence-corrected chi connectivity index (χ3v) is 7.41. The molecule has 170 valence electrons. The fraction of sp³-hybridized carbons (Fsp3) is 0.226. The van der Waals surface area contributed by atoms with Gasteiger partial charge < -0.3 is 14.4 Å². The topological polar surface area (TPSA) is 21.7 Å². The molecule has 6 rings (SSSR count). The van der Waals surface area contributed by atoms with Crippen LogP contribution in [-0.4, -0.2) is 26.3 Å². The number of hydrogen-bond acceptors (Lipinski definition) is 3. The Morgan fingerprint density at radius 3 is 2.09 bits per heavy atom. The fourth-order valence-corrected chi connectivity index (χ4v) is 5.34. The molecule has 1 saturated heterocycles. The van der Waals surface area contributed by atoms with Crippen LogP contribution < -0.4 is 9.64 Å². The van der Waals surface area contributed by atoms with Crippen molar-refractivity contribution in [2.24, 2.45) is 0 Å². The monoisotopic (exact) mass is 447 g/mol. The first kappa shape index (κ1) is 21.0. The summed E-state index contributed by atoms with van der Waals surface area (Å²) in [5, 5.41) is 2.41. The lowest BCUT2D eigenvalue weighted by atomic mass is 9.82. The second-order valence-electron chi connectivity index (χ2n) is 9.22. The highest BCUT2D eigenvalue weighted by molar-refractivity contribution is 5.96. The zero-order valence-electron chi connectivity index (χ0n) is 19.8. The van der Waals surface area contributed by atoms with Gasteiger partial charge in [0.25, 0.3) is 0 Å². The molecule has 1 atom stereocenters. The Balaban J connectivity index is 1.51. The van der Waals surface area contributed by atoms with E-state index >= 15 is 0 Å². The maximum atomic E-state index is 7.11. The molecule has 2 aliphatic heterocycles. The van der Waals surface area contributed by atoms with Crippen molar-refractivity contribution in [3.63, 3.8) is 0 Å². The Kier molecular flexibility index (Phi) is 5.15. The summed E-state index contributed by atoms with van der Waals surface area (Å²) < 4.78 is 12.6. The van der Waals surface area contributed by atoms with E-state index in [-0.39, 0.29) is 0 Å². The largest absolute Gasteiger partial charge is 0.472 e. The number of ether oxygens (including phenoxy) is 2. The number of fused-ring (bicyclic) bond motifs is 3. The minimum Gasteiger partial charge on any atom is -0.472 e. The van der Waals surface area contributed by atoms with Gasteiger partial charge in [0.1, 0.15) is 5.75 Å². The van der Waals surface area contributed by atoms with Crippen LogP contribution >= 0.6 is 0 Å². The van der Waals surface area contributed by atoms with Crippen LogP contribution in [0.1, 0.15) is 27.8 Å². The van der Waals surface area contributed by atoms with Gasteiger partial charge in [-0.25, -0.2) is 0 Å². The molecular formula is C31H29NO2. The van der Waals surface area contributed by atoms with Crippen molar-refractivity contribution >= 4 is 22.5 Å². The lowest BCUT2D eigenvalue weighted by Gasteiger charge is -2.38. The van der Waals surface area contributed by atoms with E-state index in [1.54, 1.807) is 0 Å². The summed E-state index contributed by atoms with van der Waals surface area (Å²) in [6.45, 7) is 7.82. The van der Waals surface area contributed by atoms with Crippen LogP contribution in [0.2, 0.25) is 0 Å². The molecule has 0 saturated carbocycles. The van der Waals surface area contributed by atoms with Gasteiger partial charge in [-0.1, -0.05) is 72.8 Å². The zero-order valence-corrected chi connectivity index (χ0v) is 19.8. The average Bonchev–Trinajstić information content (AvgIpc) is 2.92. The molecule has 3 nitrogen and oxygen atoms in total. The summed E-state index contributed by atoms with van der Waals surface area (Å²) in [4.78, 5) is 2.38. The Morgan fingerprint density at radius 2 is 1.35 bits per heavy atom. The first-order chi connectivity index (χ1) is 16.7. The molecule has 4 aromatic carbocycles. The molecule has 3 heteroatoms. The smallest absolute Gasteiger partial charge is 0.178 e. The average molecular weight is 448 g/mol. The summed E-state index contributed by atoms with van der Waals surface area (Å²) in [5.41, 5.74) is 6.54. The highest BCUT2D eigenvalue weighted by atomic mass is 16.5. The number of morpholine rings is 1. The quantitative estimate of drug-likeness (QED) is 0.351. The minimum absolute atomic E-state index is 0.692. The third-order valence-electron chi connectivity index (χ3n) is 7.41. The summed E-state index contributed by atoms with van der Waals surface area (Å²) in [6, 6.07) is 28.0. The standard InChI is InChI=1S/C31H29NO2/c1-22-23(2)28-16-17-31(24-8-4-3-5-9-24,34-30(28)29-11-7-6-10-27(22)29)25-12-14-26(15-13-25)32-18-20-33-21-19-32/h3-17H,18-21H2,1-2H3. The molecule has 34 heavy (non-hydrogen) atoms. The maximum Gasteiger partial charge on any atom is 0.178 e. The van der Waals surface area contributed by atoms with Crippen LogP contribution in [0.25, 0.3) is 16.8 Å². The number of rotatable bonds is 3. The number of aryl methyl sites for hydroxylation is 1. The number of hydrogen-bond donors (Lipinski definition) is 0. The normalized spacial score (nSPS) is 19.6. The van der Waals surface area contributed by atoms with Crippen LogP contribution in [0.15, 0.2) is 84.9 Å². The molecule has 0 bridgehead atoms. The molecule has 0 aromatic heterocycles. The molecular weight excluding hydrogens is 418 g/mol. The highest BCUT2D eigenvalue weighted by Gasteiger charge is 2.38. The van der Waals surface area contributed by atoms with Crippen LogP contribution in [-0.2, 0) is 10.3 Å². The molecule has 2 aliphatic rings. The highest BCUT2D eigenvalue weighted by Crippen LogP contribution is 2.47. The van der Waals surface area contributed by atoms with Gasteiger partial charge in [-0.05, 0) is 48.6 Å². The van der Waals surface area contributed by atoms with Gasteiger partial charge in [-0.15, -0.1) is 0 Å². The number of anilines is 1. The zero-order chi connectivity index (χ0) is 23.1. The van der Waals surface area contributed by atoms with Crippen LogP contribution in [0.4, 0.5) is 5.69 Å². The second-order valence-corrected chi connectivity index (χ2v) is 9.22. The Hall–Kier alpha value is -3.56. The number of benzene rings is 4. The van der Waals surface area contributed by atoms with E-state index < -0.39 is 5.60 Å². The Labute approximate surface area is 201 Å². The van der Waals surface area contributed by atoms with Gasteiger partial charge in [0.15, 0.2) is 5.60 Å².